The largest absolute Gasteiger partial charge is 0.490 e. The van der Waals surface area contributed by atoms with Gasteiger partial charge in [0.2, 0.25) is 0 Å². The highest BCUT2D eigenvalue weighted by Crippen LogP contribution is 2.19. The van der Waals surface area contributed by atoms with Gasteiger partial charge in [0.25, 0.3) is 0 Å². The fraction of sp³-hybridized carbons (Fsp3) is 0.133. The second-order valence-electron chi connectivity index (χ2n) is 3.87. The van der Waals surface area contributed by atoms with Crippen molar-refractivity contribution in [2.45, 2.75) is 0 Å². The van der Waals surface area contributed by atoms with E-state index in [1.807, 2.05) is 36.4 Å². The van der Waals surface area contributed by atoms with Crippen LogP contribution >= 0.6 is 0 Å². The summed E-state index contributed by atoms with van der Waals surface area (Å²) in [4.78, 5) is 0. The summed E-state index contributed by atoms with van der Waals surface area (Å²) in [5.41, 5.74) is 6.57. The third-order valence-electron chi connectivity index (χ3n) is 2.51. The minimum Gasteiger partial charge on any atom is -0.490 e. The normalized spacial score (nSPS) is 9.63. The van der Waals surface area contributed by atoms with Crippen LogP contribution in [0.1, 0.15) is 5.56 Å². The summed E-state index contributed by atoms with van der Waals surface area (Å²) in [5.74, 6) is 1.44. The lowest BCUT2D eigenvalue weighted by Gasteiger charge is -2.09. The van der Waals surface area contributed by atoms with E-state index in [2.05, 4.69) is 0 Å². The molecule has 0 fully saturated rings. The van der Waals surface area contributed by atoms with Crippen LogP contribution in [0.5, 0.6) is 11.5 Å². The average Bonchev–Trinajstić information content (AvgIpc) is 2.45. The molecule has 4 nitrogen and oxygen atoms in total. The smallest absolute Gasteiger partial charge is 0.122 e. The number of nitrogens with two attached hydrogens (primary N) is 1. The highest BCUT2D eigenvalue weighted by atomic mass is 16.5. The number of rotatable bonds is 5. The molecule has 0 saturated heterocycles. The number of nitriles is 1. The van der Waals surface area contributed by atoms with Crippen molar-refractivity contribution in [3.8, 4) is 17.6 Å². The minimum atomic E-state index is 0.417. The van der Waals surface area contributed by atoms with Crippen LogP contribution in [0.4, 0.5) is 5.69 Å². The van der Waals surface area contributed by atoms with Crippen molar-refractivity contribution >= 4 is 5.69 Å². The van der Waals surface area contributed by atoms with E-state index in [1.54, 1.807) is 18.2 Å². The van der Waals surface area contributed by atoms with Gasteiger partial charge in [0.1, 0.15) is 30.8 Å². The molecule has 2 aromatic rings. The molecule has 0 heterocycles. The zero-order valence-corrected chi connectivity index (χ0v) is 10.4. The number of hydrogen-bond donors (Lipinski definition) is 1. The summed E-state index contributed by atoms with van der Waals surface area (Å²) >= 11 is 0. The Kier molecular flexibility index (Phi) is 4.25. The van der Waals surface area contributed by atoms with Crippen molar-refractivity contribution in [2.75, 3.05) is 18.9 Å². The van der Waals surface area contributed by atoms with E-state index >= 15 is 0 Å². The van der Waals surface area contributed by atoms with Crippen LogP contribution in [0, 0.1) is 11.3 Å². The van der Waals surface area contributed by atoms with Gasteiger partial charge < -0.3 is 15.2 Å². The SMILES string of the molecule is N#Cc1ccc(OCCOc2ccccc2)cc1N. The quantitative estimate of drug-likeness (QED) is 0.657. The second-order valence-corrected chi connectivity index (χ2v) is 3.87. The molecule has 2 aromatic carbocycles. The molecule has 0 spiro atoms. The fourth-order valence-electron chi connectivity index (χ4n) is 1.57. The van der Waals surface area contributed by atoms with E-state index < -0.39 is 0 Å². The zero-order chi connectivity index (χ0) is 13.5. The predicted octanol–water partition coefficient (Wildman–Crippen LogP) is 2.60. The molecule has 0 atom stereocenters. The monoisotopic (exact) mass is 254 g/mol. The standard InChI is InChI=1S/C15H14N2O2/c16-11-12-6-7-14(10-15(12)17)19-9-8-18-13-4-2-1-3-5-13/h1-7,10H,8-9,17H2. The minimum absolute atomic E-state index is 0.417. The molecule has 19 heavy (non-hydrogen) atoms. The summed E-state index contributed by atoms with van der Waals surface area (Å²) in [5, 5.41) is 8.76. The fourth-order valence-corrected chi connectivity index (χ4v) is 1.57. The van der Waals surface area contributed by atoms with E-state index in [0.717, 1.165) is 5.75 Å². The molecule has 0 bridgehead atoms. The lowest BCUT2D eigenvalue weighted by molar-refractivity contribution is 0.217. The Morgan fingerprint density at radius 3 is 2.26 bits per heavy atom. The van der Waals surface area contributed by atoms with Gasteiger partial charge in [-0.2, -0.15) is 5.26 Å². The van der Waals surface area contributed by atoms with Gasteiger partial charge in [-0.15, -0.1) is 0 Å². The van der Waals surface area contributed by atoms with Crippen molar-refractivity contribution < 1.29 is 9.47 Å². The van der Waals surface area contributed by atoms with Crippen LogP contribution in [-0.4, -0.2) is 13.2 Å². The van der Waals surface area contributed by atoms with Crippen LogP contribution in [0.2, 0.25) is 0 Å². The van der Waals surface area contributed by atoms with Gasteiger partial charge in [-0.05, 0) is 24.3 Å². The molecule has 0 unspecified atom stereocenters. The summed E-state index contributed by atoms with van der Waals surface area (Å²) in [7, 11) is 0. The zero-order valence-electron chi connectivity index (χ0n) is 10.4. The van der Waals surface area contributed by atoms with Crippen molar-refractivity contribution in [2.24, 2.45) is 0 Å². The molecule has 0 aliphatic rings. The summed E-state index contributed by atoms with van der Waals surface area (Å²) in [6.45, 7) is 0.865. The molecule has 0 radical (unpaired) electrons. The molecule has 4 heteroatoms. The topological polar surface area (TPSA) is 68.3 Å². The molecule has 0 aromatic heterocycles. The van der Waals surface area contributed by atoms with Crippen molar-refractivity contribution in [3.63, 3.8) is 0 Å². The van der Waals surface area contributed by atoms with Gasteiger partial charge in [0.05, 0.1) is 11.3 Å². The highest BCUT2D eigenvalue weighted by Gasteiger charge is 2.00. The first-order valence-corrected chi connectivity index (χ1v) is 5.90. The number of para-hydroxylation sites is 1. The number of ether oxygens (including phenoxy) is 2. The molecule has 96 valence electrons. The number of benzene rings is 2. The number of anilines is 1. The van der Waals surface area contributed by atoms with Crippen molar-refractivity contribution in [3.05, 3.63) is 54.1 Å². The Morgan fingerprint density at radius 1 is 0.947 bits per heavy atom. The number of nitrogen functional groups attached to an aromatic ring is 1. The van der Waals surface area contributed by atoms with Gasteiger partial charge in [0.15, 0.2) is 0 Å². The van der Waals surface area contributed by atoms with Gasteiger partial charge in [-0.1, -0.05) is 18.2 Å². The molecular formula is C15H14N2O2. The number of nitrogens with zero attached hydrogens (tertiary/aromatic N) is 1. The van der Waals surface area contributed by atoms with Gasteiger partial charge in [0, 0.05) is 6.07 Å². The van der Waals surface area contributed by atoms with Crippen LogP contribution in [-0.2, 0) is 0 Å². The molecule has 0 saturated carbocycles. The van der Waals surface area contributed by atoms with Crippen LogP contribution in [0.25, 0.3) is 0 Å². The maximum atomic E-state index is 8.76. The molecule has 0 aliphatic carbocycles. The Bertz CT molecular complexity index is 576. The molecule has 2 N–H and O–H groups in total. The first-order valence-electron chi connectivity index (χ1n) is 5.90. The second kappa shape index (κ2) is 6.31. The van der Waals surface area contributed by atoms with Crippen LogP contribution < -0.4 is 15.2 Å². The Balaban J connectivity index is 1.80. The maximum absolute atomic E-state index is 8.76. The van der Waals surface area contributed by atoms with E-state index in [1.165, 1.54) is 0 Å². The van der Waals surface area contributed by atoms with E-state index in [4.69, 9.17) is 20.5 Å². The van der Waals surface area contributed by atoms with Gasteiger partial charge >= 0.3 is 0 Å². The summed E-state index contributed by atoms with van der Waals surface area (Å²) in [6, 6.07) is 16.5. The average molecular weight is 254 g/mol. The maximum Gasteiger partial charge on any atom is 0.122 e. The molecule has 0 amide bonds. The van der Waals surface area contributed by atoms with E-state index in [0.29, 0.717) is 30.2 Å². The summed E-state index contributed by atoms with van der Waals surface area (Å²) in [6.07, 6.45) is 0. The lowest BCUT2D eigenvalue weighted by atomic mass is 10.2. The predicted molar refractivity (Wildman–Crippen MR) is 73.0 cm³/mol. The van der Waals surface area contributed by atoms with E-state index in [-0.39, 0.29) is 0 Å². The molecule has 0 aliphatic heterocycles. The highest BCUT2D eigenvalue weighted by molar-refractivity contribution is 5.56. The Labute approximate surface area is 112 Å². The van der Waals surface area contributed by atoms with Gasteiger partial charge in [-0.25, -0.2) is 0 Å². The van der Waals surface area contributed by atoms with E-state index in [9.17, 15) is 0 Å². The Hall–Kier alpha value is -2.67. The van der Waals surface area contributed by atoms with Crippen molar-refractivity contribution in [1.82, 2.24) is 0 Å². The third-order valence-corrected chi connectivity index (χ3v) is 2.51. The van der Waals surface area contributed by atoms with Crippen molar-refractivity contribution in [1.29, 1.82) is 5.26 Å². The number of hydrogen-bond acceptors (Lipinski definition) is 4. The first kappa shape index (κ1) is 12.8. The third kappa shape index (κ3) is 3.65. The lowest BCUT2D eigenvalue weighted by Crippen LogP contribution is -2.09. The molecule has 2 rings (SSSR count). The first-order chi connectivity index (χ1) is 9.29. The van der Waals surface area contributed by atoms with Crippen LogP contribution in [0.3, 0.4) is 0 Å². The Morgan fingerprint density at radius 2 is 1.63 bits per heavy atom. The molecular weight excluding hydrogens is 240 g/mol. The summed E-state index contributed by atoms with van der Waals surface area (Å²) < 4.78 is 11.0. The van der Waals surface area contributed by atoms with Crippen LogP contribution in [0.15, 0.2) is 48.5 Å². The van der Waals surface area contributed by atoms with Gasteiger partial charge in [-0.3, -0.25) is 0 Å².